The van der Waals surface area contributed by atoms with Gasteiger partial charge in [0.1, 0.15) is 11.6 Å². The molecular weight excluding hydrogens is 262 g/mol. The Balaban J connectivity index is 1.62. The van der Waals surface area contributed by atoms with Crippen LogP contribution in [0.3, 0.4) is 0 Å². The molecule has 4 nitrogen and oxygen atoms in total. The minimum Gasteiger partial charge on any atom is -0.493 e. The lowest BCUT2D eigenvalue weighted by atomic mass is 9.93. The maximum atomic E-state index is 5.82. The maximum Gasteiger partial charge on any atom is 0.148 e. The molecule has 0 saturated carbocycles. The van der Waals surface area contributed by atoms with Crippen LogP contribution in [0, 0.1) is 5.92 Å². The third-order valence-corrected chi connectivity index (χ3v) is 3.61. The highest BCUT2D eigenvalue weighted by Crippen LogP contribution is 2.28. The van der Waals surface area contributed by atoms with E-state index in [1.807, 2.05) is 18.2 Å². The van der Waals surface area contributed by atoms with Crippen LogP contribution in [-0.2, 0) is 12.8 Å². The van der Waals surface area contributed by atoms with E-state index in [1.54, 1.807) is 0 Å². The molecule has 3 rings (SSSR count). The van der Waals surface area contributed by atoms with Gasteiger partial charge in [-0.2, -0.15) is 5.10 Å². The number of ether oxygens (including phenoxy) is 1. The molecule has 2 aromatic rings. The highest BCUT2D eigenvalue weighted by atomic mass is 16.5. The third kappa shape index (κ3) is 3.51. The Bertz CT molecular complexity index is 595. The number of para-hydroxylation sites is 1. The largest absolute Gasteiger partial charge is 0.493 e. The Morgan fingerprint density at radius 2 is 2.05 bits per heavy atom. The average molecular weight is 283 g/mol. The van der Waals surface area contributed by atoms with Gasteiger partial charge < -0.3 is 10.1 Å². The van der Waals surface area contributed by atoms with Gasteiger partial charge in [0.25, 0.3) is 0 Å². The van der Waals surface area contributed by atoms with Gasteiger partial charge in [-0.15, -0.1) is 5.10 Å². The molecule has 0 bridgehead atoms. The van der Waals surface area contributed by atoms with Crippen molar-refractivity contribution < 1.29 is 4.74 Å². The molecule has 0 spiro atoms. The first-order chi connectivity index (χ1) is 10.2. The van der Waals surface area contributed by atoms with E-state index in [0.29, 0.717) is 12.0 Å². The van der Waals surface area contributed by atoms with Crippen LogP contribution in [-0.4, -0.2) is 22.8 Å². The van der Waals surface area contributed by atoms with Crippen LogP contribution in [0.25, 0.3) is 0 Å². The Morgan fingerprint density at radius 3 is 2.81 bits per heavy atom. The summed E-state index contributed by atoms with van der Waals surface area (Å²) < 4.78 is 5.82. The van der Waals surface area contributed by atoms with Crippen LogP contribution in [0.4, 0.5) is 5.82 Å². The molecule has 0 fully saturated rings. The predicted octanol–water partition coefficient (Wildman–Crippen LogP) is 3.09. The molecule has 1 unspecified atom stereocenters. The molecule has 1 N–H and O–H groups in total. The smallest absolute Gasteiger partial charge is 0.148 e. The quantitative estimate of drug-likeness (QED) is 0.936. The summed E-state index contributed by atoms with van der Waals surface area (Å²) in [5, 5.41) is 11.8. The molecule has 1 aliphatic rings. The van der Waals surface area contributed by atoms with Gasteiger partial charge in [-0.05, 0) is 50.5 Å². The van der Waals surface area contributed by atoms with Gasteiger partial charge in [0.2, 0.25) is 0 Å². The molecule has 1 aromatic carbocycles. The molecule has 110 valence electrons. The first kappa shape index (κ1) is 13.9. The van der Waals surface area contributed by atoms with Crippen molar-refractivity contribution in [1.82, 2.24) is 10.2 Å². The van der Waals surface area contributed by atoms with Crippen molar-refractivity contribution in [1.29, 1.82) is 0 Å². The van der Waals surface area contributed by atoms with E-state index in [9.17, 15) is 0 Å². The summed E-state index contributed by atoms with van der Waals surface area (Å²) in [6.45, 7) is 4.93. The highest BCUT2D eigenvalue weighted by molar-refractivity contribution is 5.36. The number of aromatic nitrogens is 2. The Kier molecular flexibility index (Phi) is 4.04. The van der Waals surface area contributed by atoms with E-state index in [2.05, 4.69) is 47.6 Å². The fourth-order valence-corrected chi connectivity index (χ4v) is 2.66. The molecule has 0 aliphatic carbocycles. The second kappa shape index (κ2) is 6.12. The van der Waals surface area contributed by atoms with Gasteiger partial charge in [0.15, 0.2) is 0 Å². The Hall–Kier alpha value is -2.10. The van der Waals surface area contributed by atoms with Crippen LogP contribution in [0.2, 0.25) is 0 Å². The van der Waals surface area contributed by atoms with E-state index < -0.39 is 0 Å². The van der Waals surface area contributed by atoms with Gasteiger partial charge in [0, 0.05) is 12.0 Å². The van der Waals surface area contributed by atoms with Gasteiger partial charge in [-0.3, -0.25) is 0 Å². The molecule has 1 atom stereocenters. The van der Waals surface area contributed by atoms with Gasteiger partial charge in [-0.25, -0.2) is 0 Å². The lowest BCUT2D eigenvalue weighted by molar-refractivity contribution is 0.220. The summed E-state index contributed by atoms with van der Waals surface area (Å²) in [4.78, 5) is 0. The van der Waals surface area contributed by atoms with Crippen LogP contribution in [0.5, 0.6) is 5.75 Å². The molecule has 2 heterocycles. The van der Waals surface area contributed by atoms with Crippen LogP contribution >= 0.6 is 0 Å². The molecule has 0 radical (unpaired) electrons. The number of rotatable bonds is 4. The number of fused-ring (bicyclic) bond motifs is 1. The number of anilines is 1. The van der Waals surface area contributed by atoms with Crippen molar-refractivity contribution in [2.45, 2.75) is 32.7 Å². The van der Waals surface area contributed by atoms with E-state index in [1.165, 1.54) is 5.56 Å². The fraction of sp³-hybridized carbons (Fsp3) is 0.412. The lowest BCUT2D eigenvalue weighted by Crippen LogP contribution is -2.23. The van der Waals surface area contributed by atoms with Crippen LogP contribution in [0.1, 0.15) is 25.1 Å². The Labute approximate surface area is 125 Å². The maximum absolute atomic E-state index is 5.82. The van der Waals surface area contributed by atoms with Gasteiger partial charge in [-0.1, -0.05) is 18.2 Å². The first-order valence-electron chi connectivity index (χ1n) is 7.50. The van der Waals surface area contributed by atoms with E-state index >= 15 is 0 Å². The minimum absolute atomic E-state index is 0.369. The topological polar surface area (TPSA) is 47.0 Å². The van der Waals surface area contributed by atoms with Gasteiger partial charge >= 0.3 is 0 Å². The van der Waals surface area contributed by atoms with Crippen molar-refractivity contribution in [2.24, 2.45) is 5.92 Å². The van der Waals surface area contributed by atoms with Crippen LogP contribution in [0.15, 0.2) is 36.4 Å². The summed E-state index contributed by atoms with van der Waals surface area (Å²) in [6.07, 6.45) is 1.95. The number of benzene rings is 1. The lowest BCUT2D eigenvalue weighted by Gasteiger charge is -2.24. The van der Waals surface area contributed by atoms with Gasteiger partial charge in [0.05, 0.1) is 12.3 Å². The molecule has 0 amide bonds. The van der Waals surface area contributed by atoms with Crippen molar-refractivity contribution >= 4 is 5.82 Å². The number of hydrogen-bond donors (Lipinski definition) is 1. The van der Waals surface area contributed by atoms with E-state index in [0.717, 1.165) is 36.7 Å². The summed E-state index contributed by atoms with van der Waals surface area (Å²) in [5.41, 5.74) is 2.32. The monoisotopic (exact) mass is 283 g/mol. The number of hydrogen-bond acceptors (Lipinski definition) is 4. The molecule has 1 aromatic heterocycles. The highest BCUT2D eigenvalue weighted by Gasteiger charge is 2.20. The van der Waals surface area contributed by atoms with Crippen molar-refractivity contribution in [3.63, 3.8) is 0 Å². The SMILES string of the molecule is CC(C)Nc1ccc(CC2COc3ccccc3C2)nn1. The molecule has 1 aliphatic heterocycles. The zero-order valence-electron chi connectivity index (χ0n) is 12.5. The van der Waals surface area contributed by atoms with Crippen LogP contribution < -0.4 is 10.1 Å². The summed E-state index contributed by atoms with van der Waals surface area (Å²) in [5.74, 6) is 2.33. The minimum atomic E-state index is 0.369. The summed E-state index contributed by atoms with van der Waals surface area (Å²) in [7, 11) is 0. The van der Waals surface area contributed by atoms with E-state index in [-0.39, 0.29) is 0 Å². The van der Waals surface area contributed by atoms with Crippen molar-refractivity contribution in [2.75, 3.05) is 11.9 Å². The zero-order valence-corrected chi connectivity index (χ0v) is 12.5. The molecular formula is C17H21N3O. The second-order valence-electron chi connectivity index (χ2n) is 5.90. The first-order valence-corrected chi connectivity index (χ1v) is 7.50. The molecule has 0 saturated heterocycles. The third-order valence-electron chi connectivity index (χ3n) is 3.61. The molecule has 4 heteroatoms. The summed E-state index contributed by atoms with van der Waals surface area (Å²) in [6, 6.07) is 12.7. The zero-order chi connectivity index (χ0) is 14.7. The Morgan fingerprint density at radius 1 is 1.19 bits per heavy atom. The molecule has 21 heavy (non-hydrogen) atoms. The average Bonchev–Trinajstić information content (AvgIpc) is 2.49. The number of nitrogens with one attached hydrogen (secondary N) is 1. The van der Waals surface area contributed by atoms with Crippen molar-refractivity contribution in [3.05, 3.63) is 47.7 Å². The fourth-order valence-electron chi connectivity index (χ4n) is 2.66. The standard InChI is InChI=1S/C17H21N3O/c1-12(2)18-17-8-7-15(19-20-17)10-13-9-14-5-3-4-6-16(14)21-11-13/h3-8,12-13H,9-11H2,1-2H3,(H,18,20). The van der Waals surface area contributed by atoms with E-state index in [4.69, 9.17) is 4.74 Å². The second-order valence-corrected chi connectivity index (χ2v) is 5.90. The number of nitrogens with zero attached hydrogens (tertiary/aromatic N) is 2. The van der Waals surface area contributed by atoms with Crippen molar-refractivity contribution in [3.8, 4) is 5.75 Å². The predicted molar refractivity (Wildman–Crippen MR) is 83.6 cm³/mol. The summed E-state index contributed by atoms with van der Waals surface area (Å²) >= 11 is 0. The normalized spacial score (nSPS) is 17.2.